The van der Waals surface area contributed by atoms with Gasteiger partial charge >= 0.3 is 5.69 Å². The Morgan fingerprint density at radius 3 is 2.88 bits per heavy atom. The summed E-state index contributed by atoms with van der Waals surface area (Å²) in [6, 6.07) is 5.89. The van der Waals surface area contributed by atoms with Crippen LogP contribution < -0.4 is 5.69 Å². The lowest BCUT2D eigenvalue weighted by molar-refractivity contribution is -0.135. The summed E-state index contributed by atoms with van der Waals surface area (Å²) in [5, 5.41) is 0. The van der Waals surface area contributed by atoms with E-state index in [1.54, 1.807) is 17.7 Å². The Bertz CT molecular complexity index is 801. The predicted octanol–water partition coefficient (Wildman–Crippen LogP) is 2.40. The summed E-state index contributed by atoms with van der Waals surface area (Å²) in [6.07, 6.45) is 7.00. The molecule has 1 amide bonds. The minimum Gasteiger partial charge on any atom is -0.336 e. The van der Waals surface area contributed by atoms with Gasteiger partial charge in [-0.25, -0.2) is 4.79 Å². The summed E-state index contributed by atoms with van der Waals surface area (Å²) in [6.45, 7) is 4.81. The highest BCUT2D eigenvalue weighted by atomic mass is 16.2. The highest BCUT2D eigenvalue weighted by Crippen LogP contribution is 2.30. The van der Waals surface area contributed by atoms with Crippen molar-refractivity contribution in [3.63, 3.8) is 0 Å². The van der Waals surface area contributed by atoms with Crippen molar-refractivity contribution in [2.45, 2.75) is 52.1 Å². The van der Waals surface area contributed by atoms with E-state index in [4.69, 9.17) is 0 Å². The van der Waals surface area contributed by atoms with Crippen molar-refractivity contribution in [3.05, 3.63) is 58.0 Å². The highest BCUT2D eigenvalue weighted by Gasteiger charge is 2.27. The van der Waals surface area contributed by atoms with E-state index in [-0.39, 0.29) is 17.6 Å². The summed E-state index contributed by atoms with van der Waals surface area (Å²) < 4.78 is 1.58. The highest BCUT2D eigenvalue weighted by molar-refractivity contribution is 5.76. The molecule has 6 nitrogen and oxygen atoms in total. The molecule has 132 valence electrons. The van der Waals surface area contributed by atoms with Crippen molar-refractivity contribution in [3.8, 4) is 0 Å². The molecule has 0 N–H and O–H groups in total. The second kappa shape index (κ2) is 7.59. The maximum atomic E-state index is 12.8. The number of aryl methyl sites for hydroxylation is 2. The van der Waals surface area contributed by atoms with Crippen molar-refractivity contribution in [1.82, 2.24) is 19.4 Å². The molecule has 3 heterocycles. The van der Waals surface area contributed by atoms with Gasteiger partial charge in [0.1, 0.15) is 0 Å². The van der Waals surface area contributed by atoms with Crippen molar-refractivity contribution in [2.75, 3.05) is 6.54 Å². The molecule has 0 saturated carbocycles. The predicted molar refractivity (Wildman–Crippen MR) is 95.1 cm³/mol. The minimum absolute atomic E-state index is 0.0837. The lowest BCUT2D eigenvalue weighted by Gasteiger charge is -2.36. The van der Waals surface area contributed by atoms with E-state index in [1.807, 2.05) is 36.2 Å². The van der Waals surface area contributed by atoms with Gasteiger partial charge in [0.05, 0.1) is 6.04 Å². The monoisotopic (exact) mass is 340 g/mol. The van der Waals surface area contributed by atoms with Gasteiger partial charge in [0.2, 0.25) is 5.91 Å². The number of rotatable bonds is 4. The average Bonchev–Trinajstić information content (AvgIpc) is 2.61. The quantitative estimate of drug-likeness (QED) is 0.857. The van der Waals surface area contributed by atoms with Gasteiger partial charge in [-0.2, -0.15) is 4.98 Å². The fraction of sp³-hybridized carbons (Fsp3) is 0.474. The number of pyridine rings is 1. The molecule has 0 radical (unpaired) electrons. The second-order valence-electron chi connectivity index (χ2n) is 6.61. The summed E-state index contributed by atoms with van der Waals surface area (Å²) >= 11 is 0. The SMILES string of the molecule is Cc1cc(C)n(CCC(=O)N2CCCC[C@H]2c2cccnc2)c(=O)n1. The second-order valence-corrected chi connectivity index (χ2v) is 6.61. The molecule has 2 aromatic rings. The molecule has 1 aliphatic heterocycles. The van der Waals surface area contributed by atoms with Gasteiger partial charge in [-0.15, -0.1) is 0 Å². The summed E-state index contributed by atoms with van der Waals surface area (Å²) in [4.78, 5) is 35.0. The van der Waals surface area contributed by atoms with Crippen molar-refractivity contribution in [1.29, 1.82) is 0 Å². The first-order valence-electron chi connectivity index (χ1n) is 8.81. The van der Waals surface area contributed by atoms with Gasteiger partial charge in [-0.1, -0.05) is 6.07 Å². The smallest absolute Gasteiger partial charge is 0.336 e. The summed E-state index contributed by atoms with van der Waals surface area (Å²) in [7, 11) is 0. The van der Waals surface area contributed by atoms with Crippen molar-refractivity contribution < 1.29 is 4.79 Å². The van der Waals surface area contributed by atoms with Gasteiger partial charge in [0.25, 0.3) is 0 Å². The summed E-state index contributed by atoms with van der Waals surface area (Å²) in [5.41, 5.74) is 2.35. The molecule has 25 heavy (non-hydrogen) atoms. The minimum atomic E-state index is -0.284. The molecule has 1 aliphatic rings. The van der Waals surface area contributed by atoms with Crippen LogP contribution in [0, 0.1) is 13.8 Å². The summed E-state index contributed by atoms with van der Waals surface area (Å²) in [5.74, 6) is 0.0837. The molecule has 0 unspecified atom stereocenters. The van der Waals surface area contributed by atoms with Crippen LogP contribution in [0.5, 0.6) is 0 Å². The lowest BCUT2D eigenvalue weighted by Crippen LogP contribution is -2.39. The maximum Gasteiger partial charge on any atom is 0.347 e. The number of carbonyl (C=O) groups is 1. The van der Waals surface area contributed by atoms with Crippen LogP contribution in [0.25, 0.3) is 0 Å². The van der Waals surface area contributed by atoms with Crippen LogP contribution in [-0.4, -0.2) is 31.9 Å². The first kappa shape index (κ1) is 17.3. The lowest BCUT2D eigenvalue weighted by atomic mass is 9.96. The Morgan fingerprint density at radius 1 is 1.32 bits per heavy atom. The van der Waals surface area contributed by atoms with Crippen LogP contribution in [0.4, 0.5) is 0 Å². The normalized spacial score (nSPS) is 17.5. The van der Waals surface area contributed by atoms with Gasteiger partial charge < -0.3 is 4.90 Å². The Hall–Kier alpha value is -2.50. The number of piperidine rings is 1. The standard InChI is InChI=1S/C19H24N4O2/c1-14-12-15(2)22(19(25)21-14)11-8-18(24)23-10-4-3-7-17(23)16-6-5-9-20-13-16/h5-6,9,12-13,17H,3-4,7-8,10-11H2,1-2H3/t17-/m0/s1. The number of amides is 1. The molecular weight excluding hydrogens is 316 g/mol. The average molecular weight is 340 g/mol. The van der Waals surface area contributed by atoms with E-state index in [2.05, 4.69) is 9.97 Å². The number of hydrogen-bond acceptors (Lipinski definition) is 4. The zero-order chi connectivity index (χ0) is 17.8. The van der Waals surface area contributed by atoms with Gasteiger partial charge in [0.15, 0.2) is 0 Å². The molecule has 2 aromatic heterocycles. The van der Waals surface area contributed by atoms with Gasteiger partial charge in [-0.3, -0.25) is 14.3 Å². The van der Waals surface area contributed by atoms with Gasteiger partial charge in [-0.05, 0) is 50.8 Å². The molecule has 0 aliphatic carbocycles. The molecule has 1 fully saturated rings. The zero-order valence-corrected chi connectivity index (χ0v) is 14.8. The molecule has 0 bridgehead atoms. The topological polar surface area (TPSA) is 68.1 Å². The molecular formula is C19H24N4O2. The first-order valence-corrected chi connectivity index (χ1v) is 8.81. The molecule has 6 heteroatoms. The van der Waals surface area contributed by atoms with Crippen LogP contribution in [0.15, 0.2) is 35.4 Å². The number of carbonyl (C=O) groups excluding carboxylic acids is 1. The molecule has 1 atom stereocenters. The Balaban J connectivity index is 1.72. The van der Waals surface area contributed by atoms with E-state index in [0.29, 0.717) is 18.7 Å². The third-order valence-electron chi connectivity index (χ3n) is 4.79. The van der Waals surface area contributed by atoms with E-state index in [9.17, 15) is 9.59 Å². The van der Waals surface area contributed by atoms with Crippen molar-refractivity contribution in [2.24, 2.45) is 0 Å². The Morgan fingerprint density at radius 2 is 2.16 bits per heavy atom. The van der Waals surface area contributed by atoms with Crippen LogP contribution in [-0.2, 0) is 11.3 Å². The third-order valence-corrected chi connectivity index (χ3v) is 4.79. The van der Waals surface area contributed by atoms with Crippen LogP contribution >= 0.6 is 0 Å². The fourth-order valence-corrected chi connectivity index (χ4v) is 3.55. The number of aromatic nitrogens is 3. The first-order chi connectivity index (χ1) is 12.1. The molecule has 0 spiro atoms. The zero-order valence-electron chi connectivity index (χ0n) is 14.8. The van der Waals surface area contributed by atoms with E-state index in [1.165, 1.54) is 0 Å². The largest absolute Gasteiger partial charge is 0.347 e. The van der Waals surface area contributed by atoms with Crippen molar-refractivity contribution >= 4 is 5.91 Å². The van der Waals surface area contributed by atoms with Crippen LogP contribution in [0.2, 0.25) is 0 Å². The number of nitrogens with zero attached hydrogens (tertiary/aromatic N) is 4. The van der Waals surface area contributed by atoms with Crippen LogP contribution in [0.1, 0.15) is 48.7 Å². The molecule has 3 rings (SSSR count). The third kappa shape index (κ3) is 3.95. The van der Waals surface area contributed by atoms with E-state index >= 15 is 0 Å². The molecule has 1 saturated heterocycles. The Labute approximate surface area is 147 Å². The van der Waals surface area contributed by atoms with Gasteiger partial charge in [0, 0.05) is 43.3 Å². The number of likely N-dealkylation sites (tertiary alicyclic amines) is 1. The van der Waals surface area contributed by atoms with E-state index < -0.39 is 0 Å². The van der Waals surface area contributed by atoms with E-state index in [0.717, 1.165) is 37.1 Å². The molecule has 0 aromatic carbocycles. The fourth-order valence-electron chi connectivity index (χ4n) is 3.55. The maximum absolute atomic E-state index is 12.8. The number of hydrogen-bond donors (Lipinski definition) is 0. The van der Waals surface area contributed by atoms with Crippen LogP contribution in [0.3, 0.4) is 0 Å². The Kier molecular flexibility index (Phi) is 5.26.